The fourth-order valence-corrected chi connectivity index (χ4v) is 2.40. The Morgan fingerprint density at radius 1 is 1.23 bits per heavy atom. The number of carbonyl (C=O) groups is 1. The van der Waals surface area contributed by atoms with Crippen LogP contribution in [0.15, 0.2) is 36.4 Å². The zero-order chi connectivity index (χ0) is 18.9. The van der Waals surface area contributed by atoms with Gasteiger partial charge in [0.2, 0.25) is 0 Å². The molecule has 1 unspecified atom stereocenters. The number of hydrogen-bond donors (Lipinski definition) is 0. The first-order valence-electron chi connectivity index (χ1n) is 7.44. The lowest BCUT2D eigenvalue weighted by molar-refractivity contribution is -0.162. The number of hydrogen-bond acceptors (Lipinski definition) is 7. The summed E-state index contributed by atoms with van der Waals surface area (Å²) in [6.07, 6.45) is 0.124. The van der Waals surface area contributed by atoms with E-state index in [1.54, 1.807) is 30.3 Å². The largest absolute Gasteiger partial charge is 0.743 e. The molecule has 1 heterocycles. The summed E-state index contributed by atoms with van der Waals surface area (Å²) in [5.74, 6) is -1.76. The number of fused-ring (bicyclic) bond motifs is 1. The van der Waals surface area contributed by atoms with Gasteiger partial charge in [0.15, 0.2) is 10.1 Å². The van der Waals surface area contributed by atoms with Crippen molar-refractivity contribution in [1.29, 1.82) is 0 Å². The SMILES string of the molecule is O=C(OCc1ccc2cc(OCC3CO3)ccc2c1)C(F)(F)S(=O)(=O)[O-]. The lowest BCUT2D eigenvalue weighted by Crippen LogP contribution is -2.38. The van der Waals surface area contributed by atoms with Crippen LogP contribution in [0, 0.1) is 0 Å². The Bertz CT molecular complexity index is 939. The first-order chi connectivity index (χ1) is 12.2. The molecule has 3 rings (SSSR count). The Kier molecular flexibility index (Phi) is 4.82. The summed E-state index contributed by atoms with van der Waals surface area (Å²) in [4.78, 5) is 11.1. The molecular weight excluding hydrogens is 374 g/mol. The molecule has 2 aromatic carbocycles. The highest BCUT2D eigenvalue weighted by atomic mass is 32.2. The topological polar surface area (TPSA) is 105 Å². The van der Waals surface area contributed by atoms with Crippen molar-refractivity contribution in [1.82, 2.24) is 0 Å². The van der Waals surface area contributed by atoms with Crippen LogP contribution in [0.4, 0.5) is 8.78 Å². The molecule has 0 saturated carbocycles. The van der Waals surface area contributed by atoms with Crippen molar-refractivity contribution < 1.29 is 40.8 Å². The van der Waals surface area contributed by atoms with E-state index in [0.29, 0.717) is 24.5 Å². The predicted molar refractivity (Wildman–Crippen MR) is 83.6 cm³/mol. The number of epoxide rings is 1. The molecule has 0 aromatic heterocycles. The van der Waals surface area contributed by atoms with Crippen molar-refractivity contribution in [2.75, 3.05) is 13.2 Å². The summed E-state index contributed by atoms with van der Waals surface area (Å²) >= 11 is 0. The van der Waals surface area contributed by atoms with E-state index < -0.39 is 27.9 Å². The Morgan fingerprint density at radius 2 is 1.88 bits per heavy atom. The number of alkyl halides is 2. The smallest absolute Gasteiger partial charge is 0.428 e. The van der Waals surface area contributed by atoms with Crippen LogP contribution in [0.5, 0.6) is 5.75 Å². The van der Waals surface area contributed by atoms with Crippen molar-refractivity contribution >= 4 is 26.9 Å². The quantitative estimate of drug-likeness (QED) is 0.405. The van der Waals surface area contributed by atoms with Crippen molar-refractivity contribution in [2.45, 2.75) is 18.0 Å². The van der Waals surface area contributed by atoms with Gasteiger partial charge in [-0.1, -0.05) is 18.2 Å². The minimum absolute atomic E-state index is 0.124. The molecule has 1 atom stereocenters. The zero-order valence-electron chi connectivity index (χ0n) is 13.2. The van der Waals surface area contributed by atoms with Crippen LogP contribution in [0.3, 0.4) is 0 Å². The minimum Gasteiger partial charge on any atom is -0.743 e. The molecule has 0 bridgehead atoms. The van der Waals surface area contributed by atoms with E-state index in [-0.39, 0.29) is 6.10 Å². The third-order valence-electron chi connectivity index (χ3n) is 3.64. The van der Waals surface area contributed by atoms with Crippen molar-refractivity contribution in [3.8, 4) is 5.75 Å². The second-order valence-electron chi connectivity index (χ2n) is 5.66. The van der Waals surface area contributed by atoms with E-state index in [0.717, 1.165) is 10.8 Å². The molecule has 0 spiro atoms. The molecule has 2 aromatic rings. The zero-order valence-corrected chi connectivity index (χ0v) is 14.0. The minimum atomic E-state index is -6.13. The molecule has 26 heavy (non-hydrogen) atoms. The molecule has 1 fully saturated rings. The third-order valence-corrected chi connectivity index (χ3v) is 4.43. The fourth-order valence-electron chi connectivity index (χ4n) is 2.14. The fraction of sp³-hybridized carbons (Fsp3) is 0.312. The monoisotopic (exact) mass is 387 g/mol. The van der Waals surface area contributed by atoms with Crippen LogP contribution in [-0.4, -0.2) is 43.5 Å². The molecule has 7 nitrogen and oxygen atoms in total. The van der Waals surface area contributed by atoms with E-state index >= 15 is 0 Å². The molecule has 1 aliphatic rings. The maximum Gasteiger partial charge on any atom is 0.428 e. The Labute approximate surface area is 147 Å². The number of halogens is 2. The second-order valence-corrected chi connectivity index (χ2v) is 7.08. The Morgan fingerprint density at radius 3 is 2.54 bits per heavy atom. The lowest BCUT2D eigenvalue weighted by Gasteiger charge is -2.18. The van der Waals surface area contributed by atoms with Crippen LogP contribution in [0.25, 0.3) is 10.8 Å². The van der Waals surface area contributed by atoms with Crippen LogP contribution in [-0.2, 0) is 31.0 Å². The Balaban J connectivity index is 1.67. The highest BCUT2D eigenvalue weighted by Crippen LogP contribution is 2.25. The van der Waals surface area contributed by atoms with Crippen LogP contribution in [0.2, 0.25) is 0 Å². The molecule has 0 N–H and O–H groups in total. The second kappa shape index (κ2) is 6.78. The van der Waals surface area contributed by atoms with E-state index in [1.807, 2.05) is 0 Å². The molecule has 10 heteroatoms. The summed E-state index contributed by atoms with van der Waals surface area (Å²) in [6, 6.07) is 10.0. The molecular formula is C16H13F2O7S-. The summed E-state index contributed by atoms with van der Waals surface area (Å²) in [5, 5.41) is -3.58. The standard InChI is InChI=1S/C16H14F2O7S/c17-16(18,26(20,21)22)15(19)25-7-10-1-2-12-6-13(4-3-11(12)5-10)23-8-14-9-24-14/h1-6,14H,7-9H2,(H,20,21,22)/p-1. The Hall–Kier alpha value is -2.30. The average molecular weight is 387 g/mol. The first kappa shape index (κ1) is 18.5. The third kappa shape index (κ3) is 4.09. The average Bonchev–Trinajstić information content (AvgIpc) is 3.40. The van der Waals surface area contributed by atoms with Crippen LogP contribution in [0.1, 0.15) is 5.56 Å². The lowest BCUT2D eigenvalue weighted by atomic mass is 10.1. The first-order valence-corrected chi connectivity index (χ1v) is 8.85. The summed E-state index contributed by atoms with van der Waals surface area (Å²) in [6.45, 7) is 0.538. The van der Waals surface area contributed by atoms with Gasteiger partial charge in [-0.25, -0.2) is 13.2 Å². The van der Waals surface area contributed by atoms with Crippen molar-refractivity contribution in [2.24, 2.45) is 0 Å². The van der Waals surface area contributed by atoms with Gasteiger partial charge in [0.25, 0.3) is 0 Å². The van der Waals surface area contributed by atoms with Gasteiger partial charge in [0.05, 0.1) is 6.61 Å². The van der Waals surface area contributed by atoms with Gasteiger partial charge in [0, 0.05) is 0 Å². The molecule has 140 valence electrons. The van der Waals surface area contributed by atoms with E-state index in [9.17, 15) is 26.5 Å². The molecule has 1 aliphatic heterocycles. The highest BCUT2D eigenvalue weighted by molar-refractivity contribution is 7.87. The van der Waals surface area contributed by atoms with E-state index in [2.05, 4.69) is 4.74 Å². The van der Waals surface area contributed by atoms with Gasteiger partial charge < -0.3 is 18.8 Å². The van der Waals surface area contributed by atoms with Gasteiger partial charge in [0.1, 0.15) is 25.1 Å². The number of ether oxygens (including phenoxy) is 3. The van der Waals surface area contributed by atoms with Crippen molar-refractivity contribution in [3.63, 3.8) is 0 Å². The number of rotatable bonds is 7. The summed E-state index contributed by atoms with van der Waals surface area (Å²) in [5.41, 5.74) is 0.352. The van der Waals surface area contributed by atoms with Gasteiger partial charge in [-0.3, -0.25) is 0 Å². The highest BCUT2D eigenvalue weighted by Gasteiger charge is 2.48. The van der Waals surface area contributed by atoms with Gasteiger partial charge in [-0.15, -0.1) is 0 Å². The van der Waals surface area contributed by atoms with Gasteiger partial charge in [-0.2, -0.15) is 8.78 Å². The number of esters is 1. The summed E-state index contributed by atoms with van der Waals surface area (Å²) in [7, 11) is -6.13. The normalized spacial score (nSPS) is 17.1. The van der Waals surface area contributed by atoms with E-state index in [4.69, 9.17) is 9.47 Å². The number of benzene rings is 2. The molecule has 0 aliphatic carbocycles. The van der Waals surface area contributed by atoms with Gasteiger partial charge >= 0.3 is 11.2 Å². The van der Waals surface area contributed by atoms with E-state index in [1.165, 1.54) is 6.07 Å². The van der Waals surface area contributed by atoms with Crippen LogP contribution >= 0.6 is 0 Å². The maximum atomic E-state index is 13.1. The molecule has 1 saturated heterocycles. The van der Waals surface area contributed by atoms with Gasteiger partial charge in [-0.05, 0) is 34.5 Å². The predicted octanol–water partition coefficient (Wildman–Crippen LogP) is 1.80. The maximum absolute atomic E-state index is 13.1. The number of carbonyl (C=O) groups excluding carboxylic acids is 1. The van der Waals surface area contributed by atoms with Crippen molar-refractivity contribution in [3.05, 3.63) is 42.0 Å². The summed E-state index contributed by atoms with van der Waals surface area (Å²) < 4.78 is 72.1. The molecule has 0 radical (unpaired) electrons. The van der Waals surface area contributed by atoms with Crippen LogP contribution < -0.4 is 4.74 Å². The molecule has 0 amide bonds.